The average molecular weight is 328 g/mol. The molecule has 24 heavy (non-hydrogen) atoms. The summed E-state index contributed by atoms with van der Waals surface area (Å²) < 4.78 is 14.1. The smallest absolute Gasteiger partial charge is 0.246 e. The summed E-state index contributed by atoms with van der Waals surface area (Å²) >= 11 is 0. The van der Waals surface area contributed by atoms with Crippen molar-refractivity contribution in [3.63, 3.8) is 0 Å². The summed E-state index contributed by atoms with van der Waals surface area (Å²) in [4.78, 5) is 26.2. The van der Waals surface area contributed by atoms with E-state index in [0.717, 1.165) is 11.1 Å². The van der Waals surface area contributed by atoms with E-state index in [1.54, 1.807) is 11.0 Å². The standard InChI is InChI=1S/C19H21FN2O2/c1-19(20)9-5-8-15(11-19)10-16-18(24)22(13-17(23)21-16)12-14-6-3-2-4-7-14/h2-9,16H,10-13H2,1H3,(H,21,23)/t16-,19?/m1/s1. The molecule has 1 aliphatic carbocycles. The first-order chi connectivity index (χ1) is 11.4. The van der Waals surface area contributed by atoms with Gasteiger partial charge in [-0.05, 0) is 25.0 Å². The number of carbonyl (C=O) groups excluding carboxylic acids is 2. The lowest BCUT2D eigenvalue weighted by Crippen LogP contribution is -2.57. The Bertz CT molecular complexity index is 695. The zero-order valence-electron chi connectivity index (χ0n) is 13.7. The van der Waals surface area contributed by atoms with Crippen LogP contribution in [0.2, 0.25) is 0 Å². The van der Waals surface area contributed by atoms with Crippen LogP contribution in [0.1, 0.15) is 25.3 Å². The molecule has 2 aliphatic rings. The summed E-state index contributed by atoms with van der Waals surface area (Å²) in [6.45, 7) is 1.98. The zero-order valence-corrected chi connectivity index (χ0v) is 13.7. The van der Waals surface area contributed by atoms with Gasteiger partial charge in [0, 0.05) is 13.0 Å². The first-order valence-electron chi connectivity index (χ1n) is 8.11. The molecule has 0 aromatic heterocycles. The molecule has 2 atom stereocenters. The van der Waals surface area contributed by atoms with E-state index in [4.69, 9.17) is 0 Å². The van der Waals surface area contributed by atoms with Crippen LogP contribution in [0.25, 0.3) is 0 Å². The van der Waals surface area contributed by atoms with Gasteiger partial charge in [0.1, 0.15) is 11.7 Å². The van der Waals surface area contributed by atoms with Crippen LogP contribution in [0.5, 0.6) is 0 Å². The Kier molecular flexibility index (Phi) is 4.51. The maximum absolute atomic E-state index is 14.1. The molecule has 1 heterocycles. The molecule has 5 heteroatoms. The normalized spacial score (nSPS) is 27.0. The number of allylic oxidation sites excluding steroid dienone is 3. The quantitative estimate of drug-likeness (QED) is 0.923. The first-order valence-corrected chi connectivity index (χ1v) is 8.11. The van der Waals surface area contributed by atoms with Crippen LogP contribution < -0.4 is 5.32 Å². The van der Waals surface area contributed by atoms with Crippen molar-refractivity contribution in [3.8, 4) is 0 Å². The summed E-state index contributed by atoms with van der Waals surface area (Å²) in [5, 5.41) is 2.74. The Balaban J connectivity index is 1.70. The molecule has 0 spiro atoms. The SMILES string of the molecule is CC1(F)C=CC=C(C[C@H]2NC(=O)CN(Cc3ccccc3)C2=O)C1. The van der Waals surface area contributed by atoms with Gasteiger partial charge < -0.3 is 10.2 Å². The molecule has 1 N–H and O–H groups in total. The summed E-state index contributed by atoms with van der Waals surface area (Å²) in [6, 6.07) is 8.96. The van der Waals surface area contributed by atoms with E-state index >= 15 is 0 Å². The van der Waals surface area contributed by atoms with Crippen LogP contribution in [0.15, 0.2) is 54.1 Å². The highest BCUT2D eigenvalue weighted by Crippen LogP contribution is 2.29. The third-order valence-corrected chi connectivity index (χ3v) is 4.31. The number of hydrogen-bond donors (Lipinski definition) is 1. The Hall–Kier alpha value is -2.43. The van der Waals surface area contributed by atoms with E-state index in [0.29, 0.717) is 13.0 Å². The van der Waals surface area contributed by atoms with Gasteiger partial charge in [0.2, 0.25) is 11.8 Å². The molecule has 4 nitrogen and oxygen atoms in total. The van der Waals surface area contributed by atoms with Gasteiger partial charge in [0.25, 0.3) is 0 Å². The number of hydrogen-bond acceptors (Lipinski definition) is 2. The molecule has 0 radical (unpaired) electrons. The molecular weight excluding hydrogens is 307 g/mol. The number of nitrogens with zero attached hydrogens (tertiary/aromatic N) is 1. The second-order valence-electron chi connectivity index (χ2n) is 6.64. The van der Waals surface area contributed by atoms with Gasteiger partial charge in [-0.2, -0.15) is 0 Å². The second kappa shape index (κ2) is 6.59. The van der Waals surface area contributed by atoms with Crippen LogP contribution >= 0.6 is 0 Å². The fourth-order valence-electron chi connectivity index (χ4n) is 3.20. The van der Waals surface area contributed by atoms with Gasteiger partial charge in [-0.15, -0.1) is 0 Å². The lowest BCUT2D eigenvalue weighted by atomic mass is 9.89. The highest BCUT2D eigenvalue weighted by atomic mass is 19.1. The van der Waals surface area contributed by atoms with Crippen LogP contribution in [0.3, 0.4) is 0 Å². The molecular formula is C19H21FN2O2. The lowest BCUT2D eigenvalue weighted by molar-refractivity contribution is -0.144. The van der Waals surface area contributed by atoms with Crippen molar-refractivity contribution in [2.24, 2.45) is 0 Å². The highest BCUT2D eigenvalue weighted by Gasteiger charge is 2.34. The molecule has 1 saturated heterocycles. The summed E-state index contributed by atoms with van der Waals surface area (Å²) in [5.74, 6) is -0.292. The number of amides is 2. The van der Waals surface area contributed by atoms with Crippen molar-refractivity contribution < 1.29 is 14.0 Å². The van der Waals surface area contributed by atoms with Crippen molar-refractivity contribution in [2.75, 3.05) is 6.54 Å². The van der Waals surface area contributed by atoms with Crippen LogP contribution in [-0.2, 0) is 16.1 Å². The fraction of sp³-hybridized carbons (Fsp3) is 0.368. The van der Waals surface area contributed by atoms with E-state index in [-0.39, 0.29) is 24.8 Å². The summed E-state index contributed by atoms with van der Waals surface area (Å²) in [7, 11) is 0. The fourth-order valence-corrected chi connectivity index (χ4v) is 3.20. The summed E-state index contributed by atoms with van der Waals surface area (Å²) in [5.41, 5.74) is 0.424. The minimum absolute atomic E-state index is 0.0595. The van der Waals surface area contributed by atoms with Gasteiger partial charge >= 0.3 is 0 Å². The Morgan fingerprint density at radius 2 is 2.04 bits per heavy atom. The van der Waals surface area contributed by atoms with Gasteiger partial charge in [-0.1, -0.05) is 48.1 Å². The number of piperazine rings is 1. The minimum atomic E-state index is -1.39. The monoisotopic (exact) mass is 328 g/mol. The number of alkyl halides is 1. The van der Waals surface area contributed by atoms with E-state index in [1.165, 1.54) is 13.0 Å². The molecule has 126 valence electrons. The zero-order chi connectivity index (χ0) is 17.2. The van der Waals surface area contributed by atoms with Crippen LogP contribution in [-0.4, -0.2) is 35.0 Å². The second-order valence-corrected chi connectivity index (χ2v) is 6.64. The topological polar surface area (TPSA) is 49.4 Å². The Morgan fingerprint density at radius 3 is 2.75 bits per heavy atom. The van der Waals surface area contributed by atoms with E-state index in [9.17, 15) is 14.0 Å². The van der Waals surface area contributed by atoms with Crippen molar-refractivity contribution >= 4 is 11.8 Å². The summed E-state index contributed by atoms with van der Waals surface area (Å²) in [6.07, 6.45) is 5.62. The van der Waals surface area contributed by atoms with Gasteiger partial charge in [-0.25, -0.2) is 4.39 Å². The number of halogens is 1. The number of carbonyl (C=O) groups is 2. The van der Waals surface area contributed by atoms with E-state index in [1.807, 2.05) is 36.4 Å². The number of rotatable bonds is 4. The molecule has 3 rings (SSSR count). The molecule has 0 bridgehead atoms. The van der Waals surface area contributed by atoms with E-state index < -0.39 is 11.7 Å². The molecule has 1 fully saturated rings. The maximum atomic E-state index is 14.1. The van der Waals surface area contributed by atoms with Gasteiger partial charge in [-0.3, -0.25) is 9.59 Å². The molecule has 1 aromatic rings. The Morgan fingerprint density at radius 1 is 1.29 bits per heavy atom. The predicted molar refractivity (Wildman–Crippen MR) is 89.8 cm³/mol. The molecule has 1 unspecified atom stereocenters. The molecule has 2 amide bonds. The lowest BCUT2D eigenvalue weighted by Gasteiger charge is -2.34. The van der Waals surface area contributed by atoms with E-state index in [2.05, 4.69) is 5.32 Å². The minimum Gasteiger partial charge on any atom is -0.342 e. The number of nitrogens with one attached hydrogen (secondary N) is 1. The van der Waals surface area contributed by atoms with Crippen LogP contribution in [0, 0.1) is 0 Å². The predicted octanol–water partition coefficient (Wildman–Crippen LogP) is 2.52. The van der Waals surface area contributed by atoms with Crippen molar-refractivity contribution in [3.05, 3.63) is 59.7 Å². The maximum Gasteiger partial charge on any atom is 0.246 e. The molecule has 0 saturated carbocycles. The Labute approximate surface area is 141 Å². The molecule has 1 aromatic carbocycles. The largest absolute Gasteiger partial charge is 0.342 e. The third kappa shape index (κ3) is 3.91. The molecule has 1 aliphatic heterocycles. The van der Waals surface area contributed by atoms with Crippen molar-refractivity contribution in [1.82, 2.24) is 10.2 Å². The number of benzene rings is 1. The highest BCUT2D eigenvalue weighted by molar-refractivity contribution is 5.95. The first kappa shape index (κ1) is 16.4. The van der Waals surface area contributed by atoms with Crippen molar-refractivity contribution in [2.45, 2.75) is 38.0 Å². The van der Waals surface area contributed by atoms with Gasteiger partial charge in [0.15, 0.2) is 0 Å². The van der Waals surface area contributed by atoms with Crippen LogP contribution in [0.4, 0.5) is 4.39 Å². The van der Waals surface area contributed by atoms with Gasteiger partial charge in [0.05, 0.1) is 6.54 Å². The third-order valence-electron chi connectivity index (χ3n) is 4.31. The average Bonchev–Trinajstić information content (AvgIpc) is 2.52. The van der Waals surface area contributed by atoms with Crippen molar-refractivity contribution in [1.29, 1.82) is 0 Å².